The molecule has 1 aliphatic carbocycles. The Labute approximate surface area is 139 Å². The molecular weight excluding hydrogens is 288 g/mol. The zero-order valence-corrected chi connectivity index (χ0v) is 14.2. The van der Waals surface area contributed by atoms with Crippen molar-refractivity contribution in [2.24, 2.45) is 5.92 Å². The summed E-state index contributed by atoms with van der Waals surface area (Å²) in [5.41, 5.74) is 2.71. The van der Waals surface area contributed by atoms with Gasteiger partial charge in [-0.1, -0.05) is 0 Å². The summed E-state index contributed by atoms with van der Waals surface area (Å²) in [4.78, 5) is 14.2. The molecule has 1 aromatic rings. The van der Waals surface area contributed by atoms with Crippen molar-refractivity contribution in [2.75, 3.05) is 44.3 Å². The average Bonchev–Trinajstić information content (AvgIpc) is 3.11. The quantitative estimate of drug-likeness (QED) is 0.852. The minimum absolute atomic E-state index is 0.678. The van der Waals surface area contributed by atoms with Crippen LogP contribution in [0, 0.1) is 5.92 Å². The molecule has 2 saturated heterocycles. The van der Waals surface area contributed by atoms with Crippen LogP contribution in [0.25, 0.3) is 0 Å². The van der Waals surface area contributed by atoms with Crippen molar-refractivity contribution < 1.29 is 4.74 Å². The molecule has 0 amide bonds. The second-order valence-electron chi connectivity index (χ2n) is 7.19. The van der Waals surface area contributed by atoms with Crippen molar-refractivity contribution >= 4 is 5.82 Å². The van der Waals surface area contributed by atoms with Gasteiger partial charge in [-0.3, -0.25) is 4.90 Å². The minimum Gasteiger partial charge on any atom is -0.379 e. The molecule has 0 saturated carbocycles. The first-order valence-corrected chi connectivity index (χ1v) is 9.22. The number of hydrogen-bond donors (Lipinski definition) is 0. The lowest BCUT2D eigenvalue weighted by Gasteiger charge is -2.41. The summed E-state index contributed by atoms with van der Waals surface area (Å²) in [5.74, 6) is 2.03. The topological polar surface area (TPSA) is 41.5 Å². The maximum absolute atomic E-state index is 5.49. The molecule has 2 aliphatic heterocycles. The number of aryl methyl sites for hydroxylation is 1. The van der Waals surface area contributed by atoms with Crippen molar-refractivity contribution in [2.45, 2.75) is 45.1 Å². The fraction of sp³-hybridized carbons (Fsp3) is 0.778. The van der Waals surface area contributed by atoms with Gasteiger partial charge < -0.3 is 9.64 Å². The number of morpholine rings is 1. The molecule has 0 spiro atoms. The fourth-order valence-corrected chi connectivity index (χ4v) is 4.49. The largest absolute Gasteiger partial charge is 0.379 e. The van der Waals surface area contributed by atoms with Crippen LogP contribution in [0.15, 0.2) is 6.33 Å². The maximum atomic E-state index is 5.49. The molecule has 2 fully saturated rings. The second kappa shape index (κ2) is 6.73. The SMILES string of the molecule is CC(C1CCN(c2ncnc3c2CCC3)CC1)N1CCOCC1. The Hall–Kier alpha value is -1.20. The molecule has 5 nitrogen and oxygen atoms in total. The summed E-state index contributed by atoms with van der Waals surface area (Å²) in [6.45, 7) is 8.69. The molecule has 1 unspecified atom stereocenters. The summed E-state index contributed by atoms with van der Waals surface area (Å²) in [7, 11) is 0. The molecule has 0 N–H and O–H groups in total. The summed E-state index contributed by atoms with van der Waals surface area (Å²) < 4.78 is 5.49. The van der Waals surface area contributed by atoms with Crippen LogP contribution in [0.1, 0.15) is 37.4 Å². The van der Waals surface area contributed by atoms with Crippen LogP contribution in [0.4, 0.5) is 5.82 Å². The highest BCUT2D eigenvalue weighted by Gasteiger charge is 2.30. The Morgan fingerprint density at radius 3 is 2.65 bits per heavy atom. The van der Waals surface area contributed by atoms with Gasteiger partial charge in [-0.05, 0) is 44.9 Å². The number of aromatic nitrogens is 2. The average molecular weight is 316 g/mol. The van der Waals surface area contributed by atoms with Crippen molar-refractivity contribution in [3.63, 3.8) is 0 Å². The van der Waals surface area contributed by atoms with Crippen LogP contribution in [-0.4, -0.2) is 60.3 Å². The van der Waals surface area contributed by atoms with Gasteiger partial charge in [0, 0.05) is 43.5 Å². The summed E-state index contributed by atoms with van der Waals surface area (Å²) in [5, 5.41) is 0. The molecule has 0 radical (unpaired) electrons. The molecule has 0 bridgehead atoms. The van der Waals surface area contributed by atoms with Crippen LogP contribution in [-0.2, 0) is 17.6 Å². The number of piperidine rings is 1. The number of hydrogen-bond acceptors (Lipinski definition) is 5. The van der Waals surface area contributed by atoms with E-state index in [0.29, 0.717) is 6.04 Å². The first-order chi connectivity index (χ1) is 11.3. The van der Waals surface area contributed by atoms with Gasteiger partial charge in [-0.15, -0.1) is 0 Å². The van der Waals surface area contributed by atoms with E-state index in [1.165, 1.54) is 36.3 Å². The lowest BCUT2D eigenvalue weighted by Crippen LogP contribution is -2.48. The van der Waals surface area contributed by atoms with Crippen molar-refractivity contribution in [3.8, 4) is 0 Å². The Bertz CT molecular complexity index is 536. The Morgan fingerprint density at radius 1 is 1.09 bits per heavy atom. The molecule has 3 aliphatic rings. The van der Waals surface area contributed by atoms with E-state index in [9.17, 15) is 0 Å². The van der Waals surface area contributed by atoms with Crippen molar-refractivity contribution in [1.82, 2.24) is 14.9 Å². The van der Waals surface area contributed by atoms with Crippen molar-refractivity contribution in [1.29, 1.82) is 0 Å². The second-order valence-corrected chi connectivity index (χ2v) is 7.19. The van der Waals surface area contributed by atoms with Crippen molar-refractivity contribution in [3.05, 3.63) is 17.6 Å². The van der Waals surface area contributed by atoms with E-state index in [0.717, 1.165) is 58.2 Å². The number of nitrogens with zero attached hydrogens (tertiary/aromatic N) is 4. The number of anilines is 1. The van der Waals surface area contributed by atoms with Crippen LogP contribution in [0.2, 0.25) is 0 Å². The van der Waals surface area contributed by atoms with Crippen LogP contribution >= 0.6 is 0 Å². The standard InChI is InChI=1S/C18H28N4O/c1-14(21-9-11-23-12-10-21)15-5-7-22(8-6-15)18-16-3-2-4-17(16)19-13-20-18/h13-15H,2-12H2,1H3. The lowest BCUT2D eigenvalue weighted by molar-refractivity contribution is 0.00447. The van der Waals surface area contributed by atoms with E-state index >= 15 is 0 Å². The first-order valence-electron chi connectivity index (χ1n) is 9.22. The molecule has 3 heterocycles. The highest BCUT2D eigenvalue weighted by atomic mass is 16.5. The van der Waals surface area contributed by atoms with Crippen LogP contribution in [0.5, 0.6) is 0 Å². The molecule has 1 atom stereocenters. The van der Waals surface area contributed by atoms with E-state index in [2.05, 4.69) is 26.7 Å². The van der Waals surface area contributed by atoms with Gasteiger partial charge >= 0.3 is 0 Å². The highest BCUT2D eigenvalue weighted by molar-refractivity contribution is 5.50. The number of fused-ring (bicyclic) bond motifs is 1. The predicted molar refractivity (Wildman–Crippen MR) is 90.8 cm³/mol. The molecule has 1 aromatic heterocycles. The van der Waals surface area contributed by atoms with E-state index in [-0.39, 0.29) is 0 Å². The highest BCUT2D eigenvalue weighted by Crippen LogP contribution is 2.32. The third-order valence-electron chi connectivity index (χ3n) is 6.00. The zero-order valence-electron chi connectivity index (χ0n) is 14.2. The van der Waals surface area contributed by atoms with E-state index < -0.39 is 0 Å². The molecule has 126 valence electrons. The monoisotopic (exact) mass is 316 g/mol. The van der Waals surface area contributed by atoms with Gasteiger partial charge in [0.15, 0.2) is 0 Å². The molecule has 5 heteroatoms. The van der Waals surface area contributed by atoms with Gasteiger partial charge in [0.2, 0.25) is 0 Å². The Kier molecular flexibility index (Phi) is 4.49. The molecular formula is C18H28N4O. The molecule has 0 aromatic carbocycles. The van der Waals surface area contributed by atoms with Crippen LogP contribution in [0.3, 0.4) is 0 Å². The third-order valence-corrected chi connectivity index (χ3v) is 6.00. The smallest absolute Gasteiger partial charge is 0.135 e. The van der Waals surface area contributed by atoms with Crippen LogP contribution < -0.4 is 4.90 Å². The van der Waals surface area contributed by atoms with Gasteiger partial charge in [0.25, 0.3) is 0 Å². The summed E-state index contributed by atoms with van der Waals surface area (Å²) in [6.07, 6.45) is 7.85. The van der Waals surface area contributed by atoms with Gasteiger partial charge in [-0.25, -0.2) is 9.97 Å². The molecule has 23 heavy (non-hydrogen) atoms. The zero-order chi connectivity index (χ0) is 15.6. The lowest BCUT2D eigenvalue weighted by atomic mass is 9.89. The van der Waals surface area contributed by atoms with Gasteiger partial charge in [0.1, 0.15) is 12.1 Å². The van der Waals surface area contributed by atoms with E-state index in [1.807, 2.05) is 0 Å². The first kappa shape index (κ1) is 15.3. The summed E-state index contributed by atoms with van der Waals surface area (Å²) >= 11 is 0. The third kappa shape index (κ3) is 3.09. The molecule has 4 rings (SSSR count). The maximum Gasteiger partial charge on any atom is 0.135 e. The minimum atomic E-state index is 0.678. The number of rotatable bonds is 3. The van der Waals surface area contributed by atoms with Gasteiger partial charge in [-0.2, -0.15) is 0 Å². The van der Waals surface area contributed by atoms with E-state index in [1.54, 1.807) is 6.33 Å². The fourth-order valence-electron chi connectivity index (χ4n) is 4.49. The number of ether oxygens (including phenoxy) is 1. The normalized spacial score (nSPS) is 24.7. The summed E-state index contributed by atoms with van der Waals surface area (Å²) in [6, 6.07) is 0.678. The van der Waals surface area contributed by atoms with E-state index in [4.69, 9.17) is 4.74 Å². The Balaban J connectivity index is 1.38. The Morgan fingerprint density at radius 2 is 1.87 bits per heavy atom. The predicted octanol–water partition coefficient (Wildman–Crippen LogP) is 1.90. The van der Waals surface area contributed by atoms with Gasteiger partial charge in [0.05, 0.1) is 13.2 Å².